The van der Waals surface area contributed by atoms with Crippen LogP contribution >= 0.6 is 11.6 Å². The van der Waals surface area contributed by atoms with E-state index >= 15 is 0 Å². The van der Waals surface area contributed by atoms with Crippen molar-refractivity contribution in [2.75, 3.05) is 7.11 Å². The molecular weight excluding hydrogens is 207 g/mol. The molecule has 1 aromatic rings. The number of benzene rings is 1. The van der Waals surface area contributed by atoms with Gasteiger partial charge in [-0.3, -0.25) is 0 Å². The Morgan fingerprint density at radius 2 is 2.21 bits per heavy atom. The van der Waals surface area contributed by atoms with Gasteiger partial charge in [0, 0.05) is 0 Å². The van der Waals surface area contributed by atoms with Gasteiger partial charge in [-0.2, -0.15) is 0 Å². The molecule has 0 radical (unpaired) electrons. The van der Waals surface area contributed by atoms with Gasteiger partial charge in [0.15, 0.2) is 0 Å². The van der Waals surface area contributed by atoms with Crippen LogP contribution in [0.15, 0.2) is 12.1 Å². The Kier molecular flexibility index (Phi) is 3.47. The smallest absolute Gasteiger partial charge is 0.339 e. The number of rotatable bonds is 2. The van der Waals surface area contributed by atoms with Gasteiger partial charge < -0.3 is 4.74 Å². The van der Waals surface area contributed by atoms with Gasteiger partial charge in [-0.1, -0.05) is 24.6 Å². The molecule has 1 aromatic carbocycles. The van der Waals surface area contributed by atoms with Crippen LogP contribution in [0.2, 0.25) is 5.02 Å². The van der Waals surface area contributed by atoms with Gasteiger partial charge in [-0.25, -0.2) is 9.18 Å². The lowest BCUT2D eigenvalue weighted by Gasteiger charge is -2.06. The highest BCUT2D eigenvalue weighted by molar-refractivity contribution is 6.33. The molecule has 0 bridgehead atoms. The molecule has 76 valence electrons. The first kappa shape index (κ1) is 11.0. The molecule has 0 atom stereocenters. The molecule has 0 heterocycles. The molecule has 0 aliphatic heterocycles. The van der Waals surface area contributed by atoms with Crippen LogP contribution in [0, 0.1) is 5.82 Å². The molecule has 0 saturated carbocycles. The number of carbonyl (C=O) groups is 1. The highest BCUT2D eigenvalue weighted by Gasteiger charge is 2.16. The van der Waals surface area contributed by atoms with E-state index in [1.165, 1.54) is 19.2 Å². The number of esters is 1. The third-order valence-electron chi connectivity index (χ3n) is 1.95. The molecule has 2 nitrogen and oxygen atoms in total. The van der Waals surface area contributed by atoms with Crippen molar-refractivity contribution in [1.29, 1.82) is 0 Å². The number of aryl methyl sites for hydroxylation is 1. The van der Waals surface area contributed by atoms with E-state index in [0.717, 1.165) is 0 Å². The Labute approximate surface area is 86.6 Å². The zero-order chi connectivity index (χ0) is 10.7. The minimum Gasteiger partial charge on any atom is -0.465 e. The number of ether oxygens (including phenoxy) is 1. The van der Waals surface area contributed by atoms with Crippen molar-refractivity contribution < 1.29 is 13.9 Å². The van der Waals surface area contributed by atoms with E-state index in [1.54, 1.807) is 0 Å². The highest BCUT2D eigenvalue weighted by Crippen LogP contribution is 2.24. The van der Waals surface area contributed by atoms with E-state index in [0.29, 0.717) is 12.0 Å². The molecule has 0 aliphatic carbocycles. The largest absolute Gasteiger partial charge is 0.465 e. The van der Waals surface area contributed by atoms with E-state index in [-0.39, 0.29) is 10.6 Å². The minimum absolute atomic E-state index is 0.0591. The van der Waals surface area contributed by atoms with E-state index < -0.39 is 11.8 Å². The summed E-state index contributed by atoms with van der Waals surface area (Å²) in [6.45, 7) is 1.81. The first-order valence-electron chi connectivity index (χ1n) is 4.17. The average molecular weight is 217 g/mol. The van der Waals surface area contributed by atoms with E-state index in [9.17, 15) is 9.18 Å². The Bertz CT molecular complexity index is 363. The SMILES string of the molecule is CCc1ccc(C(=O)OC)c(Cl)c1F. The highest BCUT2D eigenvalue weighted by atomic mass is 35.5. The Balaban J connectivity index is 3.24. The Hall–Kier alpha value is -1.09. The third kappa shape index (κ3) is 1.87. The molecule has 0 N–H and O–H groups in total. The first-order chi connectivity index (χ1) is 6.61. The molecular formula is C10H10ClFO2. The number of hydrogen-bond acceptors (Lipinski definition) is 2. The lowest BCUT2D eigenvalue weighted by atomic mass is 10.1. The van der Waals surface area contributed by atoms with Crippen LogP contribution in [-0.2, 0) is 11.2 Å². The summed E-state index contributed by atoms with van der Waals surface area (Å²) in [6, 6.07) is 3.00. The molecule has 0 aromatic heterocycles. The molecule has 0 amide bonds. The number of hydrogen-bond donors (Lipinski definition) is 0. The van der Waals surface area contributed by atoms with Gasteiger partial charge in [0.05, 0.1) is 17.7 Å². The van der Waals surface area contributed by atoms with E-state index in [1.807, 2.05) is 6.92 Å². The molecule has 1 rings (SSSR count). The summed E-state index contributed by atoms with van der Waals surface area (Å²) in [5.74, 6) is -1.17. The maximum Gasteiger partial charge on any atom is 0.339 e. The van der Waals surface area contributed by atoms with Gasteiger partial charge in [0.25, 0.3) is 0 Å². The van der Waals surface area contributed by atoms with Crippen molar-refractivity contribution in [1.82, 2.24) is 0 Å². The van der Waals surface area contributed by atoms with Gasteiger partial charge in [0.2, 0.25) is 0 Å². The Morgan fingerprint density at radius 1 is 1.57 bits per heavy atom. The van der Waals surface area contributed by atoms with Crippen molar-refractivity contribution in [2.24, 2.45) is 0 Å². The van der Waals surface area contributed by atoms with E-state index in [2.05, 4.69) is 4.74 Å². The van der Waals surface area contributed by atoms with Crippen LogP contribution in [0.5, 0.6) is 0 Å². The molecule has 0 unspecified atom stereocenters. The fourth-order valence-electron chi connectivity index (χ4n) is 1.13. The summed E-state index contributed by atoms with van der Waals surface area (Å²) in [6.07, 6.45) is 0.535. The molecule has 4 heteroatoms. The van der Waals surface area contributed by atoms with Crippen LogP contribution in [0.4, 0.5) is 4.39 Å². The van der Waals surface area contributed by atoms with Crippen LogP contribution < -0.4 is 0 Å². The summed E-state index contributed by atoms with van der Waals surface area (Å²) in [5, 5.41) is -0.170. The van der Waals surface area contributed by atoms with Crippen molar-refractivity contribution in [2.45, 2.75) is 13.3 Å². The monoisotopic (exact) mass is 216 g/mol. The van der Waals surface area contributed by atoms with Crippen LogP contribution in [-0.4, -0.2) is 13.1 Å². The third-order valence-corrected chi connectivity index (χ3v) is 2.32. The number of halogens is 2. The van der Waals surface area contributed by atoms with E-state index in [4.69, 9.17) is 11.6 Å². The van der Waals surface area contributed by atoms with Crippen LogP contribution in [0.3, 0.4) is 0 Å². The van der Waals surface area contributed by atoms with Gasteiger partial charge in [-0.05, 0) is 18.1 Å². The van der Waals surface area contributed by atoms with Crippen molar-refractivity contribution >= 4 is 17.6 Å². The summed E-state index contributed by atoms with van der Waals surface area (Å²) in [4.78, 5) is 11.1. The zero-order valence-corrected chi connectivity index (χ0v) is 8.69. The zero-order valence-electron chi connectivity index (χ0n) is 7.93. The normalized spacial score (nSPS) is 10.0. The number of methoxy groups -OCH3 is 1. The summed E-state index contributed by atoms with van der Waals surface area (Å²) < 4.78 is 17.9. The standard InChI is InChI=1S/C10H10ClFO2/c1-3-6-4-5-7(10(13)14-2)8(11)9(6)12/h4-5H,3H2,1-2H3. The summed E-state index contributed by atoms with van der Waals surface area (Å²) >= 11 is 5.67. The van der Waals surface area contributed by atoms with Crippen LogP contribution in [0.1, 0.15) is 22.8 Å². The molecule has 14 heavy (non-hydrogen) atoms. The Morgan fingerprint density at radius 3 is 2.71 bits per heavy atom. The lowest BCUT2D eigenvalue weighted by Crippen LogP contribution is -2.04. The van der Waals surface area contributed by atoms with Crippen molar-refractivity contribution in [3.63, 3.8) is 0 Å². The molecule has 0 fully saturated rings. The second kappa shape index (κ2) is 4.42. The number of carbonyl (C=O) groups excluding carboxylic acids is 1. The van der Waals surface area contributed by atoms with Gasteiger partial charge in [0.1, 0.15) is 5.82 Å². The van der Waals surface area contributed by atoms with Crippen molar-refractivity contribution in [3.05, 3.63) is 34.1 Å². The first-order valence-corrected chi connectivity index (χ1v) is 4.54. The van der Waals surface area contributed by atoms with Gasteiger partial charge in [-0.15, -0.1) is 0 Å². The van der Waals surface area contributed by atoms with Crippen molar-refractivity contribution in [3.8, 4) is 0 Å². The maximum atomic E-state index is 13.4. The summed E-state index contributed by atoms with van der Waals surface area (Å²) in [7, 11) is 1.23. The molecule has 0 saturated heterocycles. The second-order valence-electron chi connectivity index (χ2n) is 2.75. The molecule has 0 aliphatic rings. The molecule has 0 spiro atoms. The predicted molar refractivity (Wildman–Crippen MR) is 52.1 cm³/mol. The maximum absolute atomic E-state index is 13.4. The summed E-state index contributed by atoms with van der Waals surface area (Å²) in [5.41, 5.74) is 0.548. The second-order valence-corrected chi connectivity index (χ2v) is 3.12. The fourth-order valence-corrected chi connectivity index (χ4v) is 1.39. The minimum atomic E-state index is -0.628. The van der Waals surface area contributed by atoms with Crippen LogP contribution in [0.25, 0.3) is 0 Å². The fraction of sp³-hybridized carbons (Fsp3) is 0.300. The average Bonchev–Trinajstić information content (AvgIpc) is 2.21. The topological polar surface area (TPSA) is 26.3 Å². The lowest BCUT2D eigenvalue weighted by molar-refractivity contribution is 0.0600. The van der Waals surface area contributed by atoms with Gasteiger partial charge >= 0.3 is 5.97 Å². The quantitative estimate of drug-likeness (QED) is 0.711. The predicted octanol–water partition coefficient (Wildman–Crippen LogP) is 2.83.